The maximum atomic E-state index is 12.1. The third kappa shape index (κ3) is 2.67. The Balaban J connectivity index is 2.12. The number of hydrogen-bond donors (Lipinski definition) is 2. The zero-order chi connectivity index (χ0) is 13.0. The van der Waals surface area contributed by atoms with E-state index in [0.29, 0.717) is 16.4 Å². The normalized spacial score (nSPS) is 12.1. The molecule has 0 bridgehead atoms. The van der Waals surface area contributed by atoms with Crippen molar-refractivity contribution < 1.29 is 4.79 Å². The predicted octanol–water partition coefficient (Wildman–Crippen LogP) is 1.41. The number of pyridine rings is 1. The molecule has 2 N–H and O–H groups in total. The zero-order valence-corrected chi connectivity index (χ0v) is 10.9. The molecule has 0 aliphatic heterocycles. The Kier molecular flexibility index (Phi) is 3.93. The summed E-state index contributed by atoms with van der Waals surface area (Å²) in [5.41, 5.74) is 0.566. The molecular formula is C11H13N5OS. The number of nitrogens with one attached hydrogen (secondary N) is 2. The molecule has 94 valence electrons. The number of nitrogens with zero attached hydrogens (tertiary/aromatic N) is 3. The first-order valence-corrected chi connectivity index (χ1v) is 6.60. The molecule has 7 heteroatoms. The lowest BCUT2D eigenvalue weighted by Crippen LogP contribution is -2.28. The molecule has 2 aromatic rings. The number of rotatable bonds is 4. The van der Waals surface area contributed by atoms with Gasteiger partial charge in [0.15, 0.2) is 0 Å². The van der Waals surface area contributed by atoms with Crippen LogP contribution in [0.15, 0.2) is 29.7 Å². The zero-order valence-electron chi connectivity index (χ0n) is 10.0. The molecule has 0 spiro atoms. The number of amides is 1. The van der Waals surface area contributed by atoms with E-state index in [1.54, 1.807) is 18.3 Å². The molecule has 1 unspecified atom stereocenters. The Labute approximate surface area is 109 Å². The maximum absolute atomic E-state index is 12.1. The molecule has 0 saturated heterocycles. The van der Waals surface area contributed by atoms with Crippen LogP contribution in [0.2, 0.25) is 0 Å². The first-order chi connectivity index (χ1) is 8.72. The van der Waals surface area contributed by atoms with Gasteiger partial charge in [-0.3, -0.25) is 9.89 Å². The van der Waals surface area contributed by atoms with E-state index in [9.17, 15) is 4.79 Å². The minimum absolute atomic E-state index is 0.170. The molecule has 18 heavy (non-hydrogen) atoms. The van der Waals surface area contributed by atoms with E-state index in [2.05, 4.69) is 25.5 Å². The van der Waals surface area contributed by atoms with Gasteiger partial charge in [-0.25, -0.2) is 9.97 Å². The SMILES string of the molecule is CSc1ncccc1C(=O)NC(C)c1ncn[nH]1. The number of H-pyrrole nitrogens is 1. The molecule has 1 atom stereocenters. The van der Waals surface area contributed by atoms with Crippen LogP contribution >= 0.6 is 11.8 Å². The van der Waals surface area contributed by atoms with Crippen molar-refractivity contribution in [3.63, 3.8) is 0 Å². The molecule has 2 aromatic heterocycles. The van der Waals surface area contributed by atoms with E-state index in [0.717, 1.165) is 0 Å². The smallest absolute Gasteiger partial charge is 0.254 e. The molecule has 1 amide bonds. The molecule has 0 aliphatic carbocycles. The van der Waals surface area contributed by atoms with Crippen LogP contribution in [0.25, 0.3) is 0 Å². The van der Waals surface area contributed by atoms with Gasteiger partial charge in [-0.2, -0.15) is 5.10 Å². The summed E-state index contributed by atoms with van der Waals surface area (Å²) in [6, 6.07) is 3.27. The van der Waals surface area contributed by atoms with Gasteiger partial charge in [0, 0.05) is 6.20 Å². The summed E-state index contributed by atoms with van der Waals surface area (Å²) in [5.74, 6) is 0.453. The Morgan fingerprint density at radius 2 is 2.33 bits per heavy atom. The fourth-order valence-corrected chi connectivity index (χ4v) is 2.04. The Morgan fingerprint density at radius 1 is 1.50 bits per heavy atom. The summed E-state index contributed by atoms with van der Waals surface area (Å²) >= 11 is 1.44. The average Bonchev–Trinajstić information content (AvgIpc) is 2.92. The van der Waals surface area contributed by atoms with Gasteiger partial charge in [-0.15, -0.1) is 11.8 Å². The topological polar surface area (TPSA) is 83.6 Å². The predicted molar refractivity (Wildman–Crippen MR) is 68.3 cm³/mol. The van der Waals surface area contributed by atoms with E-state index < -0.39 is 0 Å². The molecule has 0 aromatic carbocycles. The van der Waals surface area contributed by atoms with E-state index in [-0.39, 0.29) is 11.9 Å². The first kappa shape index (κ1) is 12.6. The minimum atomic E-state index is -0.227. The van der Waals surface area contributed by atoms with E-state index in [1.165, 1.54) is 18.1 Å². The van der Waals surface area contributed by atoms with Crippen LogP contribution in [-0.2, 0) is 0 Å². The van der Waals surface area contributed by atoms with Crippen molar-refractivity contribution in [3.8, 4) is 0 Å². The van der Waals surface area contributed by atoms with Gasteiger partial charge < -0.3 is 5.32 Å². The third-order valence-corrected chi connectivity index (χ3v) is 3.11. The first-order valence-electron chi connectivity index (χ1n) is 5.37. The van der Waals surface area contributed by atoms with Gasteiger partial charge in [-0.1, -0.05) is 0 Å². The van der Waals surface area contributed by atoms with Crippen molar-refractivity contribution >= 4 is 17.7 Å². The maximum Gasteiger partial charge on any atom is 0.254 e. The van der Waals surface area contributed by atoms with Crippen LogP contribution in [0.3, 0.4) is 0 Å². The summed E-state index contributed by atoms with van der Waals surface area (Å²) in [6.45, 7) is 1.84. The number of aromatic amines is 1. The third-order valence-electron chi connectivity index (χ3n) is 2.40. The fraction of sp³-hybridized carbons (Fsp3) is 0.273. The highest BCUT2D eigenvalue weighted by atomic mass is 32.2. The second kappa shape index (κ2) is 5.63. The van der Waals surface area contributed by atoms with Gasteiger partial charge in [0.2, 0.25) is 0 Å². The molecule has 0 aliphatic rings. The lowest BCUT2D eigenvalue weighted by atomic mass is 10.2. The van der Waals surface area contributed by atoms with Crippen molar-refractivity contribution in [2.75, 3.05) is 6.26 Å². The largest absolute Gasteiger partial charge is 0.342 e. The average molecular weight is 263 g/mol. The van der Waals surface area contributed by atoms with Crippen LogP contribution < -0.4 is 5.32 Å². The lowest BCUT2D eigenvalue weighted by Gasteiger charge is -2.12. The van der Waals surface area contributed by atoms with E-state index in [4.69, 9.17) is 0 Å². The van der Waals surface area contributed by atoms with E-state index >= 15 is 0 Å². The quantitative estimate of drug-likeness (QED) is 0.815. The Hall–Kier alpha value is -1.89. The van der Waals surface area contributed by atoms with Crippen molar-refractivity contribution in [2.24, 2.45) is 0 Å². The van der Waals surface area contributed by atoms with Crippen molar-refractivity contribution in [3.05, 3.63) is 36.0 Å². The standard InChI is InChI=1S/C11H13N5OS/c1-7(9-13-6-14-16-9)15-10(17)8-4-3-5-12-11(8)18-2/h3-7H,1-2H3,(H,15,17)(H,13,14,16). The summed E-state index contributed by atoms with van der Waals surface area (Å²) in [7, 11) is 0. The van der Waals surface area contributed by atoms with Gasteiger partial charge in [0.25, 0.3) is 5.91 Å². The minimum Gasteiger partial charge on any atom is -0.342 e. The number of hydrogen-bond acceptors (Lipinski definition) is 5. The molecule has 6 nitrogen and oxygen atoms in total. The monoisotopic (exact) mass is 263 g/mol. The number of carbonyl (C=O) groups is 1. The summed E-state index contributed by atoms with van der Waals surface area (Å²) in [4.78, 5) is 20.3. The van der Waals surface area contributed by atoms with Crippen LogP contribution in [-0.4, -0.2) is 32.3 Å². The lowest BCUT2D eigenvalue weighted by molar-refractivity contribution is 0.0934. The van der Waals surface area contributed by atoms with Crippen LogP contribution in [0, 0.1) is 0 Å². The molecule has 2 rings (SSSR count). The highest BCUT2D eigenvalue weighted by Crippen LogP contribution is 2.17. The number of aromatic nitrogens is 4. The number of thioether (sulfide) groups is 1. The summed E-state index contributed by atoms with van der Waals surface area (Å²) in [5, 5.41) is 10.0. The Bertz CT molecular complexity index is 528. The van der Waals surface area contributed by atoms with Crippen LogP contribution in [0.4, 0.5) is 0 Å². The molecule has 0 saturated carbocycles. The molecule has 2 heterocycles. The van der Waals surface area contributed by atoms with Gasteiger partial charge in [0.05, 0.1) is 11.6 Å². The fourth-order valence-electron chi connectivity index (χ4n) is 1.49. The second-order valence-corrected chi connectivity index (χ2v) is 4.42. The molecular weight excluding hydrogens is 250 g/mol. The van der Waals surface area contributed by atoms with E-state index in [1.807, 2.05) is 13.2 Å². The summed E-state index contributed by atoms with van der Waals surface area (Å²) in [6.07, 6.45) is 4.97. The highest BCUT2D eigenvalue weighted by Gasteiger charge is 2.16. The second-order valence-electron chi connectivity index (χ2n) is 3.63. The van der Waals surface area contributed by atoms with Gasteiger partial charge in [-0.05, 0) is 25.3 Å². The summed E-state index contributed by atoms with van der Waals surface area (Å²) < 4.78 is 0. The van der Waals surface area contributed by atoms with Crippen molar-refractivity contribution in [1.29, 1.82) is 0 Å². The molecule has 0 fully saturated rings. The molecule has 0 radical (unpaired) electrons. The highest BCUT2D eigenvalue weighted by molar-refractivity contribution is 7.98. The Morgan fingerprint density at radius 3 is 3.00 bits per heavy atom. The van der Waals surface area contributed by atoms with Gasteiger partial charge in [0.1, 0.15) is 17.2 Å². The van der Waals surface area contributed by atoms with Crippen LogP contribution in [0.5, 0.6) is 0 Å². The number of carbonyl (C=O) groups excluding carboxylic acids is 1. The van der Waals surface area contributed by atoms with Crippen molar-refractivity contribution in [2.45, 2.75) is 18.0 Å². The van der Waals surface area contributed by atoms with Crippen LogP contribution in [0.1, 0.15) is 29.1 Å². The van der Waals surface area contributed by atoms with Gasteiger partial charge >= 0.3 is 0 Å². The van der Waals surface area contributed by atoms with Crippen molar-refractivity contribution in [1.82, 2.24) is 25.5 Å².